The van der Waals surface area contributed by atoms with Gasteiger partial charge >= 0.3 is 5.97 Å². The van der Waals surface area contributed by atoms with Crippen LogP contribution in [0, 0.1) is 13.8 Å². The average Bonchev–Trinajstić information content (AvgIpc) is 2.54. The van der Waals surface area contributed by atoms with Gasteiger partial charge in [-0.15, -0.1) is 0 Å². The highest BCUT2D eigenvalue weighted by molar-refractivity contribution is 5.96. The third-order valence-corrected chi connectivity index (χ3v) is 3.44. The number of nitrogens with one attached hydrogen (secondary N) is 1. The van der Waals surface area contributed by atoms with E-state index >= 15 is 0 Å². The Balaban J connectivity index is 2.13. The van der Waals surface area contributed by atoms with Crippen LogP contribution in [0.4, 0.5) is 0 Å². The Morgan fingerprint density at radius 1 is 1.44 bits per heavy atom. The molecular weight excluding hydrogens is 236 g/mol. The molecule has 1 aliphatic rings. The van der Waals surface area contributed by atoms with E-state index in [9.17, 15) is 9.59 Å². The van der Waals surface area contributed by atoms with Crippen molar-refractivity contribution in [1.29, 1.82) is 0 Å². The van der Waals surface area contributed by atoms with Gasteiger partial charge in [-0.05, 0) is 33.1 Å². The zero-order chi connectivity index (χ0) is 13.3. The van der Waals surface area contributed by atoms with Crippen LogP contribution in [0.5, 0.6) is 0 Å². The van der Waals surface area contributed by atoms with E-state index in [1.807, 2.05) is 0 Å². The minimum Gasteiger partial charge on any atom is -0.481 e. The summed E-state index contributed by atoms with van der Waals surface area (Å²) in [6.45, 7) is 3.36. The van der Waals surface area contributed by atoms with Crippen LogP contribution in [0.1, 0.15) is 47.5 Å². The largest absolute Gasteiger partial charge is 0.481 e. The molecule has 0 aliphatic heterocycles. The number of carboxylic acids is 1. The lowest BCUT2D eigenvalue weighted by atomic mass is 9.74. The van der Waals surface area contributed by atoms with Crippen LogP contribution in [0.2, 0.25) is 0 Å². The fraction of sp³-hybridized carbons (Fsp3) is 0.583. The van der Waals surface area contributed by atoms with Gasteiger partial charge in [0.15, 0.2) is 0 Å². The second kappa shape index (κ2) is 4.44. The van der Waals surface area contributed by atoms with E-state index in [0.717, 1.165) is 6.42 Å². The van der Waals surface area contributed by atoms with Crippen molar-refractivity contribution in [3.8, 4) is 0 Å². The molecule has 0 bridgehead atoms. The van der Waals surface area contributed by atoms with Crippen LogP contribution in [0.25, 0.3) is 0 Å². The maximum absolute atomic E-state index is 12.1. The highest BCUT2D eigenvalue weighted by atomic mass is 16.5. The molecule has 1 heterocycles. The van der Waals surface area contributed by atoms with Crippen molar-refractivity contribution in [2.24, 2.45) is 0 Å². The molecule has 2 N–H and O–H groups in total. The number of amides is 1. The average molecular weight is 252 g/mol. The lowest BCUT2D eigenvalue weighted by Gasteiger charge is -2.41. The van der Waals surface area contributed by atoms with Gasteiger partial charge in [-0.25, -0.2) is 0 Å². The molecule has 1 fully saturated rings. The number of nitrogens with zero attached hydrogens (tertiary/aromatic N) is 1. The van der Waals surface area contributed by atoms with E-state index in [2.05, 4.69) is 10.5 Å². The van der Waals surface area contributed by atoms with Gasteiger partial charge in [0.25, 0.3) is 5.91 Å². The smallest absolute Gasteiger partial charge is 0.305 e. The van der Waals surface area contributed by atoms with Crippen molar-refractivity contribution in [2.75, 3.05) is 0 Å². The van der Waals surface area contributed by atoms with Crippen molar-refractivity contribution in [2.45, 2.75) is 45.1 Å². The van der Waals surface area contributed by atoms with Crippen molar-refractivity contribution in [3.05, 3.63) is 17.0 Å². The van der Waals surface area contributed by atoms with Crippen LogP contribution >= 0.6 is 0 Å². The maximum Gasteiger partial charge on any atom is 0.305 e. The zero-order valence-corrected chi connectivity index (χ0v) is 10.4. The molecule has 0 radical (unpaired) electrons. The molecule has 0 aromatic carbocycles. The second-order valence-electron chi connectivity index (χ2n) is 4.86. The molecule has 0 atom stereocenters. The second-order valence-corrected chi connectivity index (χ2v) is 4.86. The molecule has 0 saturated heterocycles. The summed E-state index contributed by atoms with van der Waals surface area (Å²) in [4.78, 5) is 23.0. The summed E-state index contributed by atoms with van der Waals surface area (Å²) in [5, 5.41) is 15.4. The highest BCUT2D eigenvalue weighted by Gasteiger charge is 2.41. The summed E-state index contributed by atoms with van der Waals surface area (Å²) in [7, 11) is 0. The zero-order valence-electron chi connectivity index (χ0n) is 10.4. The van der Waals surface area contributed by atoms with Crippen molar-refractivity contribution >= 4 is 11.9 Å². The van der Waals surface area contributed by atoms with E-state index in [-0.39, 0.29) is 12.3 Å². The number of hydrogen-bond donors (Lipinski definition) is 2. The number of rotatable bonds is 4. The molecule has 6 heteroatoms. The SMILES string of the molecule is Cc1noc(C)c1C(=O)NC1(CC(=O)O)CCC1. The molecule has 98 valence electrons. The van der Waals surface area contributed by atoms with Crippen LogP contribution in [-0.2, 0) is 4.79 Å². The first kappa shape index (κ1) is 12.6. The number of hydrogen-bond acceptors (Lipinski definition) is 4. The summed E-state index contributed by atoms with van der Waals surface area (Å²) in [6, 6.07) is 0. The van der Waals surface area contributed by atoms with Crippen molar-refractivity contribution in [3.63, 3.8) is 0 Å². The topological polar surface area (TPSA) is 92.4 Å². The molecular formula is C12H16N2O4. The monoisotopic (exact) mass is 252 g/mol. The fourth-order valence-corrected chi connectivity index (χ4v) is 2.35. The van der Waals surface area contributed by atoms with Gasteiger partial charge in [-0.1, -0.05) is 5.16 Å². The van der Waals surface area contributed by atoms with E-state index in [1.165, 1.54) is 0 Å². The minimum atomic E-state index is -0.895. The quantitative estimate of drug-likeness (QED) is 0.845. The predicted octanol–water partition coefficient (Wildman–Crippen LogP) is 1.42. The summed E-state index contributed by atoms with van der Waals surface area (Å²) < 4.78 is 4.94. The van der Waals surface area contributed by atoms with Gasteiger partial charge in [-0.3, -0.25) is 9.59 Å². The number of aryl methyl sites for hydroxylation is 2. The first-order valence-corrected chi connectivity index (χ1v) is 5.91. The Morgan fingerprint density at radius 3 is 2.50 bits per heavy atom. The maximum atomic E-state index is 12.1. The normalized spacial score (nSPS) is 17.0. The number of carboxylic acid groups (broad SMARTS) is 1. The Labute approximate surface area is 104 Å². The molecule has 1 aliphatic carbocycles. The van der Waals surface area contributed by atoms with Crippen molar-refractivity contribution in [1.82, 2.24) is 10.5 Å². The van der Waals surface area contributed by atoms with Gasteiger partial charge in [0, 0.05) is 0 Å². The van der Waals surface area contributed by atoms with Gasteiger partial charge in [0.1, 0.15) is 11.3 Å². The third kappa shape index (κ3) is 2.23. The first-order chi connectivity index (χ1) is 8.43. The van der Waals surface area contributed by atoms with E-state index < -0.39 is 11.5 Å². The number of aliphatic carboxylic acids is 1. The lowest BCUT2D eigenvalue weighted by molar-refractivity contribution is -0.139. The predicted molar refractivity (Wildman–Crippen MR) is 62.3 cm³/mol. The molecule has 0 unspecified atom stereocenters. The Morgan fingerprint density at radius 2 is 2.11 bits per heavy atom. The molecule has 6 nitrogen and oxygen atoms in total. The fourth-order valence-electron chi connectivity index (χ4n) is 2.35. The van der Waals surface area contributed by atoms with Crippen LogP contribution in [-0.4, -0.2) is 27.7 Å². The molecule has 0 spiro atoms. The third-order valence-electron chi connectivity index (χ3n) is 3.44. The molecule has 2 rings (SSSR count). The van der Waals surface area contributed by atoms with Gasteiger partial charge < -0.3 is 14.9 Å². The Bertz CT molecular complexity index is 469. The Kier molecular flexibility index (Phi) is 3.11. The Hall–Kier alpha value is -1.85. The van der Waals surface area contributed by atoms with Crippen LogP contribution < -0.4 is 5.32 Å². The summed E-state index contributed by atoms with van der Waals surface area (Å²) in [5.41, 5.74) is 0.334. The van der Waals surface area contributed by atoms with Crippen LogP contribution in [0.15, 0.2) is 4.52 Å². The highest BCUT2D eigenvalue weighted by Crippen LogP contribution is 2.35. The lowest BCUT2D eigenvalue weighted by Crippen LogP contribution is -2.54. The van der Waals surface area contributed by atoms with Crippen molar-refractivity contribution < 1.29 is 19.2 Å². The van der Waals surface area contributed by atoms with E-state index in [4.69, 9.17) is 9.63 Å². The summed E-state index contributed by atoms with van der Waals surface area (Å²) in [6.07, 6.45) is 2.31. The summed E-state index contributed by atoms with van der Waals surface area (Å²) >= 11 is 0. The first-order valence-electron chi connectivity index (χ1n) is 5.91. The van der Waals surface area contributed by atoms with E-state index in [1.54, 1.807) is 13.8 Å². The number of carbonyl (C=O) groups excluding carboxylic acids is 1. The molecule has 1 saturated carbocycles. The van der Waals surface area contributed by atoms with E-state index in [0.29, 0.717) is 29.9 Å². The number of carbonyl (C=O) groups is 2. The van der Waals surface area contributed by atoms with Crippen LogP contribution in [0.3, 0.4) is 0 Å². The molecule has 1 aromatic rings. The van der Waals surface area contributed by atoms with Gasteiger partial charge in [0.2, 0.25) is 0 Å². The van der Waals surface area contributed by atoms with Gasteiger partial charge in [-0.2, -0.15) is 0 Å². The minimum absolute atomic E-state index is 0.0396. The number of aromatic nitrogens is 1. The standard InChI is InChI=1S/C12H16N2O4/c1-7-10(8(2)18-14-7)11(17)13-12(4-3-5-12)6-9(15)16/h3-6H2,1-2H3,(H,13,17)(H,15,16). The molecule has 18 heavy (non-hydrogen) atoms. The molecule has 1 aromatic heterocycles. The summed E-state index contributed by atoms with van der Waals surface area (Å²) in [5.74, 6) is -0.740. The van der Waals surface area contributed by atoms with Gasteiger partial charge in [0.05, 0.1) is 17.7 Å². The molecule has 1 amide bonds.